The summed E-state index contributed by atoms with van der Waals surface area (Å²) in [7, 11) is 0. The van der Waals surface area contributed by atoms with Gasteiger partial charge in [0.05, 0.1) is 0 Å². The van der Waals surface area contributed by atoms with Gasteiger partial charge < -0.3 is 16.4 Å². The first kappa shape index (κ1) is 14.1. The smallest absolute Gasteiger partial charge is 0.159 e. The van der Waals surface area contributed by atoms with Gasteiger partial charge in [0.15, 0.2) is 11.6 Å². The maximum absolute atomic E-state index is 6.12. The lowest BCUT2D eigenvalue weighted by molar-refractivity contribution is 0.887. The molecule has 20 heavy (non-hydrogen) atoms. The highest BCUT2D eigenvalue weighted by Crippen LogP contribution is 2.27. The number of nitrogen functional groups attached to an aromatic ring is 1. The maximum atomic E-state index is 6.12. The van der Waals surface area contributed by atoms with Crippen molar-refractivity contribution in [2.24, 2.45) is 0 Å². The van der Waals surface area contributed by atoms with E-state index < -0.39 is 0 Å². The average molecular weight is 271 g/mol. The van der Waals surface area contributed by atoms with Gasteiger partial charge in [-0.25, -0.2) is 9.97 Å². The molecule has 106 valence electrons. The summed E-state index contributed by atoms with van der Waals surface area (Å²) in [6.07, 6.45) is 2.46. The third-order valence-electron chi connectivity index (χ3n) is 2.96. The molecule has 2 rings (SSSR count). The number of anilines is 4. The van der Waals surface area contributed by atoms with E-state index in [1.54, 1.807) is 0 Å². The van der Waals surface area contributed by atoms with E-state index in [0.29, 0.717) is 17.3 Å². The SMILES string of the molecule is CCc1ccccc1Nc1ncnc(NC(C)C)c1N. The van der Waals surface area contributed by atoms with Gasteiger partial charge in [0, 0.05) is 11.7 Å². The van der Waals surface area contributed by atoms with Gasteiger partial charge in [0.2, 0.25) is 0 Å². The quantitative estimate of drug-likeness (QED) is 0.778. The highest BCUT2D eigenvalue weighted by atomic mass is 15.1. The minimum Gasteiger partial charge on any atom is -0.393 e. The summed E-state index contributed by atoms with van der Waals surface area (Å²) in [4.78, 5) is 8.41. The number of nitrogens with two attached hydrogens (primary N) is 1. The Kier molecular flexibility index (Phi) is 4.40. The van der Waals surface area contributed by atoms with Crippen LogP contribution in [0.1, 0.15) is 26.3 Å². The first-order valence-corrected chi connectivity index (χ1v) is 6.83. The summed E-state index contributed by atoms with van der Waals surface area (Å²) in [5.74, 6) is 1.29. The fourth-order valence-corrected chi connectivity index (χ4v) is 1.96. The van der Waals surface area contributed by atoms with Crippen molar-refractivity contribution in [3.05, 3.63) is 36.2 Å². The van der Waals surface area contributed by atoms with E-state index >= 15 is 0 Å². The number of nitrogens with zero attached hydrogens (tertiary/aromatic N) is 2. The van der Waals surface area contributed by atoms with Crippen LogP contribution in [0, 0.1) is 0 Å². The van der Waals surface area contributed by atoms with Crippen LogP contribution in [0.2, 0.25) is 0 Å². The number of para-hydroxylation sites is 1. The van der Waals surface area contributed by atoms with Crippen molar-refractivity contribution in [1.29, 1.82) is 0 Å². The molecule has 0 bridgehead atoms. The predicted octanol–water partition coefficient (Wildman–Crippen LogP) is 3.19. The van der Waals surface area contributed by atoms with Crippen molar-refractivity contribution in [2.45, 2.75) is 33.2 Å². The molecule has 1 heterocycles. The number of benzene rings is 1. The van der Waals surface area contributed by atoms with Crippen LogP contribution in [0.5, 0.6) is 0 Å². The van der Waals surface area contributed by atoms with Crippen LogP contribution in [0.3, 0.4) is 0 Å². The van der Waals surface area contributed by atoms with Gasteiger partial charge in [-0.2, -0.15) is 0 Å². The van der Waals surface area contributed by atoms with Crippen LogP contribution in [-0.2, 0) is 6.42 Å². The number of rotatable bonds is 5. The Bertz CT molecular complexity index is 580. The van der Waals surface area contributed by atoms with E-state index in [2.05, 4.69) is 33.6 Å². The van der Waals surface area contributed by atoms with E-state index in [9.17, 15) is 0 Å². The van der Waals surface area contributed by atoms with Crippen molar-refractivity contribution in [2.75, 3.05) is 16.4 Å². The summed E-state index contributed by atoms with van der Waals surface area (Å²) in [5, 5.41) is 6.50. The van der Waals surface area contributed by atoms with E-state index in [-0.39, 0.29) is 6.04 Å². The first-order chi connectivity index (χ1) is 9.61. The third kappa shape index (κ3) is 3.17. The van der Waals surface area contributed by atoms with Crippen molar-refractivity contribution >= 4 is 23.0 Å². The second-order valence-electron chi connectivity index (χ2n) is 4.92. The highest BCUT2D eigenvalue weighted by Gasteiger charge is 2.10. The Morgan fingerprint density at radius 1 is 1.15 bits per heavy atom. The van der Waals surface area contributed by atoms with E-state index in [1.807, 2.05) is 32.0 Å². The Morgan fingerprint density at radius 3 is 2.55 bits per heavy atom. The number of aromatic nitrogens is 2. The normalized spacial score (nSPS) is 10.6. The molecule has 0 aliphatic carbocycles. The molecule has 5 nitrogen and oxygen atoms in total. The minimum atomic E-state index is 0.267. The molecule has 2 aromatic rings. The number of hydrogen-bond acceptors (Lipinski definition) is 5. The molecule has 0 aliphatic rings. The Labute approximate surface area is 119 Å². The molecule has 4 N–H and O–H groups in total. The molecule has 0 saturated heterocycles. The second-order valence-corrected chi connectivity index (χ2v) is 4.92. The van der Waals surface area contributed by atoms with Crippen molar-refractivity contribution in [1.82, 2.24) is 9.97 Å². The summed E-state index contributed by atoms with van der Waals surface area (Å²) < 4.78 is 0. The Balaban J connectivity index is 2.29. The highest BCUT2D eigenvalue weighted by molar-refractivity contribution is 5.78. The summed E-state index contributed by atoms with van der Waals surface area (Å²) in [5.41, 5.74) is 8.91. The van der Waals surface area contributed by atoms with E-state index in [0.717, 1.165) is 12.1 Å². The second kappa shape index (κ2) is 6.23. The maximum Gasteiger partial charge on any atom is 0.159 e. The standard InChI is InChI=1S/C15H21N5/c1-4-11-7-5-6-8-12(11)20-15-13(16)14(17-9-18-15)19-10(2)3/h5-10H,4,16H2,1-3H3,(H2,17,18,19,20). The van der Waals surface area contributed by atoms with Crippen molar-refractivity contribution in [3.8, 4) is 0 Å². The van der Waals surface area contributed by atoms with Crippen molar-refractivity contribution < 1.29 is 0 Å². The number of aryl methyl sites for hydroxylation is 1. The first-order valence-electron chi connectivity index (χ1n) is 6.83. The minimum absolute atomic E-state index is 0.267. The van der Waals surface area contributed by atoms with Crippen LogP contribution >= 0.6 is 0 Å². The summed E-state index contributed by atoms with van der Waals surface area (Å²) >= 11 is 0. The zero-order chi connectivity index (χ0) is 14.5. The van der Waals surface area contributed by atoms with Crippen LogP contribution in [-0.4, -0.2) is 16.0 Å². The lowest BCUT2D eigenvalue weighted by atomic mass is 10.1. The van der Waals surface area contributed by atoms with E-state index in [1.165, 1.54) is 11.9 Å². The molecule has 0 fully saturated rings. The zero-order valence-corrected chi connectivity index (χ0v) is 12.1. The number of nitrogens with one attached hydrogen (secondary N) is 2. The number of hydrogen-bond donors (Lipinski definition) is 3. The topological polar surface area (TPSA) is 75.9 Å². The molecule has 0 spiro atoms. The third-order valence-corrected chi connectivity index (χ3v) is 2.96. The Hall–Kier alpha value is -2.30. The van der Waals surface area contributed by atoms with Gasteiger partial charge in [-0.05, 0) is 31.9 Å². The predicted molar refractivity (Wildman–Crippen MR) is 84.3 cm³/mol. The van der Waals surface area contributed by atoms with Gasteiger partial charge in [-0.1, -0.05) is 25.1 Å². The van der Waals surface area contributed by atoms with Gasteiger partial charge >= 0.3 is 0 Å². The molecule has 0 atom stereocenters. The van der Waals surface area contributed by atoms with Gasteiger partial charge in [-0.15, -0.1) is 0 Å². The lowest BCUT2D eigenvalue weighted by Gasteiger charge is -2.15. The summed E-state index contributed by atoms with van der Waals surface area (Å²) in [6.45, 7) is 6.21. The fraction of sp³-hybridized carbons (Fsp3) is 0.333. The molecular weight excluding hydrogens is 250 g/mol. The molecule has 0 unspecified atom stereocenters. The molecule has 0 amide bonds. The molecular formula is C15H21N5. The van der Waals surface area contributed by atoms with Gasteiger partial charge in [0.1, 0.15) is 12.0 Å². The van der Waals surface area contributed by atoms with Crippen LogP contribution in [0.4, 0.5) is 23.0 Å². The monoisotopic (exact) mass is 271 g/mol. The van der Waals surface area contributed by atoms with Gasteiger partial charge in [0.25, 0.3) is 0 Å². The largest absolute Gasteiger partial charge is 0.393 e. The van der Waals surface area contributed by atoms with Gasteiger partial charge in [-0.3, -0.25) is 0 Å². The molecule has 5 heteroatoms. The Morgan fingerprint density at radius 2 is 1.85 bits per heavy atom. The molecule has 0 aliphatic heterocycles. The molecule has 0 saturated carbocycles. The molecule has 0 radical (unpaired) electrons. The lowest BCUT2D eigenvalue weighted by Crippen LogP contribution is -2.14. The van der Waals surface area contributed by atoms with Crippen LogP contribution in [0.15, 0.2) is 30.6 Å². The van der Waals surface area contributed by atoms with Crippen molar-refractivity contribution in [3.63, 3.8) is 0 Å². The van der Waals surface area contributed by atoms with Crippen LogP contribution < -0.4 is 16.4 Å². The fourth-order valence-electron chi connectivity index (χ4n) is 1.96. The zero-order valence-electron chi connectivity index (χ0n) is 12.1. The summed E-state index contributed by atoms with van der Waals surface area (Å²) in [6, 6.07) is 8.40. The van der Waals surface area contributed by atoms with E-state index in [4.69, 9.17) is 5.73 Å². The molecule has 1 aromatic heterocycles. The molecule has 1 aromatic carbocycles. The average Bonchev–Trinajstić information content (AvgIpc) is 2.43. The van der Waals surface area contributed by atoms with Crippen LogP contribution in [0.25, 0.3) is 0 Å².